The van der Waals surface area contributed by atoms with Gasteiger partial charge < -0.3 is 110 Å². The van der Waals surface area contributed by atoms with E-state index in [0.29, 0.717) is 13.1 Å². The first-order valence-corrected chi connectivity index (χ1v) is 35.1. The number of hydrogen-bond donors (Lipinski definition) is 3. The first-order valence-electron chi connectivity index (χ1n) is 35.1. The predicted octanol–water partition coefficient (Wildman–Crippen LogP) is 1.05. The number of fused-ring (bicyclic) bond motifs is 3. The summed E-state index contributed by atoms with van der Waals surface area (Å²) in [6.45, 7) is 16.8. The van der Waals surface area contributed by atoms with E-state index in [1.54, 1.807) is 58.7 Å². The largest absolute Gasteiger partial charge is 0.509 e. The SMILES string of the molecule is C=C(C)C(=O)OCC(COC(=O)CCn1ccnc1)OC(=O)O[C@H]1CO[C@H]2[C@@H]1OC[C@H]2OC(=O)OC(COC(=O)CCn1ccnc1)COC(=O)C(=C)C.C=CC(=O)OCC(O)COC(=O)C(=C)C.O=C(O[C@H]1CO[C@H]2[C@@H]1OC[C@H]2OC(=O)n1ccnc1)n1ccnc1.O=C(n1ccnc1)n1ccnc1.O[C@@H]1CO[C@H]2[C@@H]1OC[C@@H]2O. The van der Waals surface area contributed by atoms with Crippen molar-refractivity contribution in [2.45, 2.75) is 138 Å². The van der Waals surface area contributed by atoms with Gasteiger partial charge in [-0.25, -0.2) is 82.2 Å². The van der Waals surface area contributed by atoms with E-state index in [9.17, 15) is 57.8 Å². The average molecular weight is 1620 g/mol. The fourth-order valence-electron chi connectivity index (χ4n) is 10.5. The van der Waals surface area contributed by atoms with Gasteiger partial charge in [0.2, 0.25) is 0 Å². The van der Waals surface area contributed by atoms with Gasteiger partial charge in [-0.05, 0) is 20.8 Å². The molecule has 44 heteroatoms. The number of rotatable bonds is 28. The van der Waals surface area contributed by atoms with Crippen LogP contribution in [-0.4, -0.2) is 310 Å². The fourth-order valence-corrected chi connectivity index (χ4v) is 10.5. The molecule has 0 spiro atoms. The zero-order chi connectivity index (χ0) is 82.9. The number of aryl methyl sites for hydroxylation is 2. The minimum atomic E-state index is -1.23. The molecule has 3 N–H and O–H groups in total. The van der Waals surface area contributed by atoms with Crippen molar-refractivity contribution in [2.75, 3.05) is 79.3 Å². The Labute approximate surface area is 653 Å². The van der Waals surface area contributed by atoms with Crippen LogP contribution in [-0.2, 0) is 127 Å². The summed E-state index contributed by atoms with van der Waals surface area (Å²) in [6, 6.07) is -0.190. The standard InChI is InChI=1S/C34H42N4O16.C14H14N4O6.C10H14O5.C7H6N4O.C6H10O4/c1-21(2)31(41)49-15-23(13-45-27(39)5-9-37-11-7-35-19-37)51-33(43)53-25-17-47-30-26(18-48-29(25)30)54-34(44)52-24(16-50-32(42)22(3)4)14-46-28(40)6-10-38-12-8-36-20-38;19-13(17-3-1-15-7-17)23-9-5-21-12-10(6-22-11(9)12)24-14(20)18-4-2-16-8-18;1-4-9(12)14-5-8(11)6-15-10(13)7(2)3;12-7(10-3-1-8-5-10)11-4-2-9-6-11;7-3-1-9-6-4(8)2-10-5(3)6/h7-8,11-12,19-20,23-26,29-30H,1,3,5-6,9-10,13-18H2,2,4H3;1-4,7-12H,5-6H2;4,8,11H,1-2,5-6H2,3H3;1-6H;3-8H,1-2H2/t23?,24?,25-,26+,29-,30-;9-,10+,11-,12-;;;3-,4+,5-,6-/m11..1/s1. The summed E-state index contributed by atoms with van der Waals surface area (Å²) in [6.07, 6.45) is 13.7. The lowest BCUT2D eigenvalue weighted by molar-refractivity contribution is -0.153. The third-order valence-electron chi connectivity index (χ3n) is 16.3. The molecule has 6 saturated heterocycles. The molecule has 15 atom stereocenters. The van der Waals surface area contributed by atoms with E-state index in [1.165, 1.54) is 102 Å². The van der Waals surface area contributed by atoms with Gasteiger partial charge in [0.15, 0.2) is 36.6 Å². The van der Waals surface area contributed by atoms with Crippen molar-refractivity contribution < 1.29 is 153 Å². The number of carbonyl (C=O) groups excluding carboxylic acids is 11. The van der Waals surface area contributed by atoms with Crippen LogP contribution >= 0.6 is 0 Å². The maximum absolute atomic E-state index is 12.8. The minimum absolute atomic E-state index is 0.000195. The van der Waals surface area contributed by atoms with E-state index in [2.05, 4.69) is 65.7 Å². The topological polar surface area (TPSA) is 522 Å². The Balaban J connectivity index is 0.000000217. The zero-order valence-corrected chi connectivity index (χ0v) is 62.3. The average Bonchev–Trinajstić information content (AvgIpc) is 1.65. The number of aliphatic hydroxyl groups excluding tert-OH is 3. The Hall–Kier alpha value is -12.2. The molecule has 0 radical (unpaired) electrons. The molecular formula is C71H86N12O32. The van der Waals surface area contributed by atoms with E-state index in [1.807, 2.05) is 0 Å². The molecule has 12 rings (SSSR count). The molecule has 12 heterocycles. The van der Waals surface area contributed by atoms with Gasteiger partial charge in [-0.3, -0.25) is 18.7 Å². The number of hydrogen-bond acceptors (Lipinski definition) is 38. The number of carbonyl (C=O) groups is 11. The third-order valence-corrected chi connectivity index (χ3v) is 16.3. The van der Waals surface area contributed by atoms with Crippen LogP contribution < -0.4 is 0 Å². The van der Waals surface area contributed by atoms with Crippen LogP contribution in [0.25, 0.3) is 0 Å². The van der Waals surface area contributed by atoms with E-state index < -0.39 is 166 Å². The van der Waals surface area contributed by atoms with Crippen molar-refractivity contribution in [1.29, 1.82) is 0 Å². The van der Waals surface area contributed by atoms with Crippen molar-refractivity contribution in [2.24, 2.45) is 0 Å². The van der Waals surface area contributed by atoms with Gasteiger partial charge in [0.25, 0.3) is 0 Å². The van der Waals surface area contributed by atoms with Crippen LogP contribution in [0, 0.1) is 0 Å². The van der Waals surface area contributed by atoms with Gasteiger partial charge in [-0.1, -0.05) is 26.3 Å². The van der Waals surface area contributed by atoms with Gasteiger partial charge in [0, 0.05) is 110 Å². The van der Waals surface area contributed by atoms with Gasteiger partial charge in [-0.2, -0.15) is 0 Å². The van der Waals surface area contributed by atoms with Crippen molar-refractivity contribution in [3.05, 3.63) is 161 Å². The molecule has 0 aromatic carbocycles. The summed E-state index contributed by atoms with van der Waals surface area (Å²) in [4.78, 5) is 154. The first kappa shape index (κ1) is 88.4. The summed E-state index contributed by atoms with van der Waals surface area (Å²) in [5.41, 5.74) is 0.444. The van der Waals surface area contributed by atoms with E-state index in [4.69, 9.17) is 86.0 Å². The van der Waals surface area contributed by atoms with Crippen molar-refractivity contribution in [1.82, 2.24) is 57.3 Å². The van der Waals surface area contributed by atoms with Crippen LogP contribution in [0.3, 0.4) is 0 Å². The summed E-state index contributed by atoms with van der Waals surface area (Å²) >= 11 is 0. The lowest BCUT2D eigenvalue weighted by atomic mass is 10.1. The molecule has 6 aliphatic heterocycles. The van der Waals surface area contributed by atoms with Gasteiger partial charge in [-0.15, -0.1) is 0 Å². The maximum atomic E-state index is 12.8. The minimum Gasteiger partial charge on any atom is -0.462 e. The Bertz CT molecular complexity index is 3930. The van der Waals surface area contributed by atoms with E-state index >= 15 is 0 Å². The lowest BCUT2D eigenvalue weighted by Crippen LogP contribution is -2.38. The highest BCUT2D eigenvalue weighted by molar-refractivity contribution is 5.88. The number of ether oxygens (including phenoxy) is 18. The Morgan fingerprint density at radius 3 is 1.06 bits per heavy atom. The Morgan fingerprint density at radius 1 is 0.417 bits per heavy atom. The molecule has 44 nitrogen and oxygen atoms in total. The molecule has 622 valence electrons. The second kappa shape index (κ2) is 44.9. The van der Waals surface area contributed by atoms with Crippen molar-refractivity contribution in [3.8, 4) is 0 Å². The van der Waals surface area contributed by atoms with Crippen LogP contribution in [0.2, 0.25) is 0 Å². The molecule has 0 saturated carbocycles. The van der Waals surface area contributed by atoms with Crippen LogP contribution in [0.5, 0.6) is 0 Å². The first-order chi connectivity index (χ1) is 55.2. The molecule has 3 unspecified atom stereocenters. The van der Waals surface area contributed by atoms with Crippen LogP contribution in [0.4, 0.5) is 24.0 Å². The molecule has 6 aromatic heterocycles. The third kappa shape index (κ3) is 28.2. The number of nitrogens with zero attached hydrogens (tertiary/aromatic N) is 12. The highest BCUT2D eigenvalue weighted by Gasteiger charge is 2.53. The molecule has 0 amide bonds. The van der Waals surface area contributed by atoms with Crippen molar-refractivity contribution >= 4 is 66.3 Å². The van der Waals surface area contributed by atoms with Gasteiger partial charge in [0.1, 0.15) is 120 Å². The Kier molecular flexibility index (Phi) is 34.5. The second-order valence-electron chi connectivity index (χ2n) is 25.3. The monoisotopic (exact) mass is 1620 g/mol. The quantitative estimate of drug-likeness (QED) is 0.0351. The van der Waals surface area contributed by atoms with Gasteiger partial charge in [0.05, 0.1) is 65.1 Å². The van der Waals surface area contributed by atoms with Gasteiger partial charge >= 0.3 is 66.3 Å². The van der Waals surface area contributed by atoms with Crippen molar-refractivity contribution in [3.63, 3.8) is 0 Å². The fraction of sp³-hybridized carbons (Fsp3) is 0.479. The Morgan fingerprint density at radius 2 is 0.730 bits per heavy atom. The molecule has 6 aromatic rings. The second-order valence-corrected chi connectivity index (χ2v) is 25.3. The highest BCUT2D eigenvalue weighted by Crippen LogP contribution is 2.33. The maximum Gasteiger partial charge on any atom is 0.509 e. The molecule has 0 bridgehead atoms. The zero-order valence-electron chi connectivity index (χ0n) is 62.3. The van der Waals surface area contributed by atoms with E-state index in [-0.39, 0.29) is 101 Å². The molecule has 6 aliphatic rings. The number of aromatic nitrogens is 12. The number of aliphatic hydroxyl groups is 3. The number of esters is 6. The highest BCUT2D eigenvalue weighted by atomic mass is 16.8. The lowest BCUT2D eigenvalue weighted by Gasteiger charge is -2.21. The predicted molar refractivity (Wildman–Crippen MR) is 377 cm³/mol. The molecule has 6 fully saturated rings. The molecule has 0 aliphatic carbocycles. The summed E-state index contributed by atoms with van der Waals surface area (Å²) in [5, 5.41) is 27.5. The smallest absolute Gasteiger partial charge is 0.462 e. The summed E-state index contributed by atoms with van der Waals surface area (Å²) in [5.74, 6) is -3.93. The summed E-state index contributed by atoms with van der Waals surface area (Å²) < 4.78 is 103. The normalized spacial score (nSPS) is 22.3. The molecular weight excluding hydrogens is 1530 g/mol. The van der Waals surface area contributed by atoms with Crippen LogP contribution in [0.1, 0.15) is 33.6 Å². The number of imidazole rings is 6. The van der Waals surface area contributed by atoms with Crippen LogP contribution in [0.15, 0.2) is 161 Å². The van der Waals surface area contributed by atoms with E-state index in [0.717, 1.165) is 6.08 Å². The molecule has 115 heavy (non-hydrogen) atoms. The summed E-state index contributed by atoms with van der Waals surface area (Å²) in [7, 11) is 0.